The molecule has 3 aliphatic rings. The van der Waals surface area contributed by atoms with Crippen molar-refractivity contribution in [2.45, 2.75) is 44.3 Å². The second-order valence-electron chi connectivity index (χ2n) is 9.95. The number of aliphatic imine (C=N–C) groups is 1. The number of nitrogens with one attached hydrogen (secondary N) is 2. The van der Waals surface area contributed by atoms with Crippen LogP contribution in [0.2, 0.25) is 0 Å². The quantitative estimate of drug-likeness (QED) is 0.665. The van der Waals surface area contributed by atoms with E-state index in [-0.39, 0.29) is 11.8 Å². The fourth-order valence-corrected chi connectivity index (χ4v) is 5.53. The Morgan fingerprint density at radius 1 is 1.06 bits per heavy atom. The zero-order chi connectivity index (χ0) is 25.0. The van der Waals surface area contributed by atoms with Crippen molar-refractivity contribution in [3.05, 3.63) is 59.7 Å². The molecule has 1 saturated heterocycles. The molecular formula is C28H35N5O3. The normalized spacial score (nSPS) is 23.1. The molecule has 2 N–H and O–H groups in total. The summed E-state index contributed by atoms with van der Waals surface area (Å²) in [4.78, 5) is 36.0. The number of urea groups is 1. The number of likely N-dealkylation sites (N-methyl/N-ethyl adjacent to an activating group) is 1. The van der Waals surface area contributed by atoms with Gasteiger partial charge in [0.15, 0.2) is 0 Å². The van der Waals surface area contributed by atoms with Crippen LogP contribution in [0, 0.1) is 5.92 Å². The number of carbonyl (C=O) groups excluding carboxylic acids is 2. The Labute approximate surface area is 212 Å². The van der Waals surface area contributed by atoms with Crippen LogP contribution in [0.3, 0.4) is 0 Å². The Morgan fingerprint density at radius 2 is 1.78 bits per heavy atom. The molecule has 1 saturated carbocycles. The molecule has 1 aliphatic carbocycles. The van der Waals surface area contributed by atoms with Gasteiger partial charge in [0.1, 0.15) is 0 Å². The van der Waals surface area contributed by atoms with E-state index in [1.165, 1.54) is 5.56 Å². The van der Waals surface area contributed by atoms with Gasteiger partial charge in [-0.3, -0.25) is 14.7 Å². The minimum atomic E-state index is -1.34. The number of hydrogen-bond acceptors (Lipinski definition) is 5. The first-order valence-electron chi connectivity index (χ1n) is 13.0. The van der Waals surface area contributed by atoms with E-state index >= 15 is 0 Å². The molecule has 0 radical (unpaired) electrons. The highest BCUT2D eigenvalue weighted by Gasteiger charge is 2.49. The molecule has 36 heavy (non-hydrogen) atoms. The van der Waals surface area contributed by atoms with Gasteiger partial charge in [-0.25, -0.2) is 4.79 Å². The number of nitrogens with zero attached hydrogens (tertiary/aromatic N) is 3. The second-order valence-corrected chi connectivity index (χ2v) is 9.95. The van der Waals surface area contributed by atoms with E-state index in [0.717, 1.165) is 76.2 Å². The Kier molecular flexibility index (Phi) is 7.34. The molecular weight excluding hydrogens is 454 g/mol. The van der Waals surface area contributed by atoms with Gasteiger partial charge in [-0.1, -0.05) is 49.6 Å². The average molecular weight is 490 g/mol. The van der Waals surface area contributed by atoms with Gasteiger partial charge in [0, 0.05) is 50.1 Å². The summed E-state index contributed by atoms with van der Waals surface area (Å²) >= 11 is 0. The van der Waals surface area contributed by atoms with Crippen LogP contribution in [0.15, 0.2) is 53.5 Å². The van der Waals surface area contributed by atoms with E-state index in [9.17, 15) is 9.59 Å². The second kappa shape index (κ2) is 10.8. The molecule has 1 atom stereocenters. The van der Waals surface area contributed by atoms with Crippen molar-refractivity contribution in [1.82, 2.24) is 10.2 Å². The van der Waals surface area contributed by atoms with Crippen LogP contribution in [-0.2, 0) is 16.1 Å². The summed E-state index contributed by atoms with van der Waals surface area (Å²) in [7, 11) is 1.76. The third kappa shape index (κ3) is 5.15. The molecule has 0 bridgehead atoms. The fraction of sp³-hybridized carbons (Fsp3) is 0.464. The number of rotatable bonds is 5. The number of anilines is 2. The predicted molar refractivity (Wildman–Crippen MR) is 141 cm³/mol. The average Bonchev–Trinajstić information content (AvgIpc) is 3.02. The van der Waals surface area contributed by atoms with Gasteiger partial charge in [-0.15, -0.1) is 0 Å². The zero-order valence-corrected chi connectivity index (χ0v) is 20.9. The molecule has 8 heteroatoms. The van der Waals surface area contributed by atoms with Crippen molar-refractivity contribution in [3.8, 4) is 0 Å². The fourth-order valence-electron chi connectivity index (χ4n) is 5.53. The molecule has 2 aromatic rings. The number of benzene rings is 2. The smallest absolute Gasteiger partial charge is 0.321 e. The van der Waals surface area contributed by atoms with Crippen LogP contribution >= 0.6 is 0 Å². The molecule has 2 fully saturated rings. The number of benzodiazepines with no additional fused rings is 1. The van der Waals surface area contributed by atoms with Gasteiger partial charge >= 0.3 is 6.03 Å². The Balaban J connectivity index is 1.33. The van der Waals surface area contributed by atoms with Gasteiger partial charge in [0.2, 0.25) is 5.66 Å². The highest BCUT2D eigenvalue weighted by atomic mass is 16.5. The maximum Gasteiger partial charge on any atom is 0.321 e. The minimum Gasteiger partial charge on any atom is -0.379 e. The standard InChI is InChI=1S/C28H35N5O3/c1-32-25-10-6-5-7-22(25)19-29-28(26(32)34,23-8-3-2-4-9-23)31-27(35)30-24-13-11-21(12-14-24)20-33-15-17-36-18-16-33/h5-7,10-14,19,23H,2-4,8-9,15-18,20H2,1H3,(H2,30,31,35). The number of fused-ring (bicyclic) bond motifs is 1. The molecule has 190 valence electrons. The van der Waals surface area contributed by atoms with Crippen molar-refractivity contribution in [2.24, 2.45) is 10.9 Å². The van der Waals surface area contributed by atoms with E-state index in [1.807, 2.05) is 48.5 Å². The van der Waals surface area contributed by atoms with Crippen LogP contribution < -0.4 is 15.5 Å². The largest absolute Gasteiger partial charge is 0.379 e. The number of ether oxygens (including phenoxy) is 1. The number of morpholine rings is 1. The third-order valence-electron chi connectivity index (χ3n) is 7.56. The van der Waals surface area contributed by atoms with Gasteiger partial charge in [-0.05, 0) is 36.6 Å². The Bertz CT molecular complexity index is 1110. The van der Waals surface area contributed by atoms with Crippen LogP contribution in [0.1, 0.15) is 43.2 Å². The Morgan fingerprint density at radius 3 is 2.53 bits per heavy atom. The van der Waals surface area contributed by atoms with Gasteiger partial charge < -0.3 is 20.3 Å². The molecule has 8 nitrogen and oxygen atoms in total. The molecule has 2 aliphatic heterocycles. The summed E-state index contributed by atoms with van der Waals surface area (Å²) in [5.41, 5.74) is 2.18. The number of amides is 3. The van der Waals surface area contributed by atoms with Gasteiger partial charge in [0.05, 0.1) is 18.9 Å². The molecule has 3 amide bonds. The first-order chi connectivity index (χ1) is 17.5. The first kappa shape index (κ1) is 24.5. The van der Waals surface area contributed by atoms with Crippen molar-refractivity contribution in [1.29, 1.82) is 0 Å². The lowest BCUT2D eigenvalue weighted by atomic mass is 9.79. The lowest BCUT2D eigenvalue weighted by Gasteiger charge is -2.40. The minimum absolute atomic E-state index is 0.0617. The number of para-hydroxylation sites is 1. The van der Waals surface area contributed by atoms with Crippen LogP contribution in [0.25, 0.3) is 0 Å². The zero-order valence-electron chi connectivity index (χ0n) is 20.9. The highest BCUT2D eigenvalue weighted by molar-refractivity contribution is 6.09. The van der Waals surface area contributed by atoms with Gasteiger partial charge in [0.25, 0.3) is 5.91 Å². The topological polar surface area (TPSA) is 86.3 Å². The summed E-state index contributed by atoms with van der Waals surface area (Å²) in [5, 5.41) is 5.96. The van der Waals surface area contributed by atoms with Crippen molar-refractivity contribution in [3.63, 3.8) is 0 Å². The summed E-state index contributed by atoms with van der Waals surface area (Å²) < 4.78 is 5.42. The lowest BCUT2D eigenvalue weighted by Crippen LogP contribution is -2.63. The monoisotopic (exact) mass is 489 g/mol. The summed E-state index contributed by atoms with van der Waals surface area (Å²) in [6.45, 7) is 4.25. The molecule has 5 rings (SSSR count). The van der Waals surface area contributed by atoms with Crippen LogP contribution in [0.5, 0.6) is 0 Å². The lowest BCUT2D eigenvalue weighted by molar-refractivity contribution is -0.126. The number of hydrogen-bond donors (Lipinski definition) is 2. The first-order valence-corrected chi connectivity index (χ1v) is 13.0. The maximum atomic E-state index is 13.9. The van der Waals surface area contributed by atoms with Crippen LogP contribution in [0.4, 0.5) is 16.2 Å². The Hall–Kier alpha value is -3.23. The summed E-state index contributed by atoms with van der Waals surface area (Å²) in [6, 6.07) is 15.1. The SMILES string of the molecule is CN1C(=O)C(NC(=O)Nc2ccc(CN3CCOCC3)cc2)(C2CCCCC2)N=Cc2ccccc21. The van der Waals surface area contributed by atoms with Crippen molar-refractivity contribution >= 4 is 29.5 Å². The molecule has 0 aromatic heterocycles. The summed E-state index contributed by atoms with van der Waals surface area (Å²) in [5.74, 6) is -0.264. The molecule has 1 unspecified atom stereocenters. The van der Waals surface area contributed by atoms with E-state index < -0.39 is 11.7 Å². The van der Waals surface area contributed by atoms with Gasteiger partial charge in [-0.2, -0.15) is 0 Å². The van der Waals surface area contributed by atoms with E-state index in [1.54, 1.807) is 18.2 Å². The highest BCUT2D eigenvalue weighted by Crippen LogP contribution is 2.38. The van der Waals surface area contributed by atoms with E-state index in [4.69, 9.17) is 9.73 Å². The van der Waals surface area contributed by atoms with Crippen molar-refractivity contribution < 1.29 is 14.3 Å². The van der Waals surface area contributed by atoms with Crippen LogP contribution in [-0.4, -0.2) is 62.1 Å². The van der Waals surface area contributed by atoms with E-state index in [2.05, 4.69) is 15.5 Å². The summed E-state index contributed by atoms with van der Waals surface area (Å²) in [6.07, 6.45) is 6.64. The predicted octanol–water partition coefficient (Wildman–Crippen LogP) is 4.01. The maximum absolute atomic E-state index is 13.9. The third-order valence-corrected chi connectivity index (χ3v) is 7.56. The van der Waals surface area contributed by atoms with Crippen molar-refractivity contribution in [2.75, 3.05) is 43.6 Å². The number of carbonyl (C=O) groups is 2. The van der Waals surface area contributed by atoms with E-state index in [0.29, 0.717) is 5.69 Å². The molecule has 2 heterocycles. The molecule has 2 aromatic carbocycles. The molecule has 0 spiro atoms.